The first-order valence-electron chi connectivity index (χ1n) is 11.0. The lowest BCUT2D eigenvalue weighted by atomic mass is 9.84. The van der Waals surface area contributed by atoms with Gasteiger partial charge >= 0.3 is 11.9 Å². The molecular formula is C26H27NO5. The van der Waals surface area contributed by atoms with Crippen LogP contribution in [0.2, 0.25) is 0 Å². The van der Waals surface area contributed by atoms with Crippen LogP contribution in [0.1, 0.15) is 53.2 Å². The molecule has 0 spiro atoms. The maximum atomic E-state index is 11.6. The highest BCUT2D eigenvalue weighted by molar-refractivity contribution is 5.94. The SMILES string of the molecule is CC(=O)Oc1c(C(=O)O)ccc(N2CCC(CC3Cc4ccccc4C3=C=O)CC2)c1C. The predicted molar refractivity (Wildman–Crippen MR) is 122 cm³/mol. The van der Waals surface area contributed by atoms with E-state index in [1.54, 1.807) is 13.0 Å². The summed E-state index contributed by atoms with van der Waals surface area (Å²) < 4.78 is 5.25. The summed E-state index contributed by atoms with van der Waals surface area (Å²) in [4.78, 5) is 36.9. The number of fused-ring (bicyclic) bond motifs is 1. The summed E-state index contributed by atoms with van der Waals surface area (Å²) in [7, 11) is 0. The van der Waals surface area contributed by atoms with Gasteiger partial charge in [-0.2, -0.15) is 0 Å². The molecule has 1 N–H and O–H groups in total. The third-order valence-electron chi connectivity index (χ3n) is 6.72. The van der Waals surface area contributed by atoms with Crippen molar-refractivity contribution in [2.75, 3.05) is 18.0 Å². The van der Waals surface area contributed by atoms with Gasteiger partial charge in [0.1, 0.15) is 17.3 Å². The van der Waals surface area contributed by atoms with Crippen LogP contribution in [-0.4, -0.2) is 36.1 Å². The highest BCUT2D eigenvalue weighted by Crippen LogP contribution is 2.41. The standard InChI is InChI=1S/C26H27NO5/c1-16-24(8-7-22(26(30)31)25(16)32-17(2)29)27-11-9-18(10-12-27)13-20-14-19-5-3-4-6-21(19)23(20)15-28/h3-8,18,20H,9-14H2,1-2H3,(H,30,31). The largest absolute Gasteiger partial charge is 0.478 e. The van der Waals surface area contributed by atoms with E-state index in [9.17, 15) is 19.5 Å². The van der Waals surface area contributed by atoms with E-state index >= 15 is 0 Å². The summed E-state index contributed by atoms with van der Waals surface area (Å²) in [6.45, 7) is 4.73. The number of benzene rings is 2. The van der Waals surface area contributed by atoms with Crippen LogP contribution < -0.4 is 9.64 Å². The molecule has 1 fully saturated rings. The van der Waals surface area contributed by atoms with Crippen molar-refractivity contribution in [2.24, 2.45) is 11.8 Å². The number of allylic oxidation sites excluding steroid dienone is 1. The predicted octanol–water partition coefficient (Wildman–Crippen LogP) is 4.31. The number of anilines is 1. The molecule has 2 aliphatic rings. The first-order valence-corrected chi connectivity index (χ1v) is 11.0. The van der Waals surface area contributed by atoms with Gasteiger partial charge in [0.15, 0.2) is 0 Å². The Morgan fingerprint density at radius 2 is 1.88 bits per heavy atom. The molecule has 1 aliphatic heterocycles. The van der Waals surface area contributed by atoms with E-state index in [0.29, 0.717) is 11.5 Å². The van der Waals surface area contributed by atoms with Gasteiger partial charge in [0.2, 0.25) is 0 Å². The summed E-state index contributed by atoms with van der Waals surface area (Å²) in [5, 5.41) is 9.45. The molecule has 32 heavy (non-hydrogen) atoms. The number of rotatable bonds is 5. The Kier molecular flexibility index (Phi) is 6.15. The van der Waals surface area contributed by atoms with Crippen molar-refractivity contribution >= 4 is 29.1 Å². The molecule has 0 radical (unpaired) electrons. The van der Waals surface area contributed by atoms with Gasteiger partial charge < -0.3 is 14.7 Å². The van der Waals surface area contributed by atoms with Crippen molar-refractivity contribution in [1.29, 1.82) is 0 Å². The summed E-state index contributed by atoms with van der Waals surface area (Å²) in [6.07, 6.45) is 3.86. The van der Waals surface area contributed by atoms with Gasteiger partial charge in [-0.25, -0.2) is 9.59 Å². The lowest BCUT2D eigenvalue weighted by Gasteiger charge is -2.35. The van der Waals surface area contributed by atoms with Gasteiger partial charge in [0.05, 0.1) is 0 Å². The van der Waals surface area contributed by atoms with Crippen molar-refractivity contribution < 1.29 is 24.2 Å². The second-order valence-electron chi connectivity index (χ2n) is 8.73. The number of carboxylic acid groups (broad SMARTS) is 1. The summed E-state index contributed by atoms with van der Waals surface area (Å²) in [5.41, 5.74) is 4.65. The second kappa shape index (κ2) is 9.01. The van der Waals surface area contributed by atoms with Gasteiger partial charge in [-0.1, -0.05) is 24.3 Å². The van der Waals surface area contributed by atoms with Crippen LogP contribution in [0.4, 0.5) is 5.69 Å². The molecule has 1 aliphatic carbocycles. The molecule has 2 aromatic rings. The highest BCUT2D eigenvalue weighted by atomic mass is 16.5. The summed E-state index contributed by atoms with van der Waals surface area (Å²) in [6, 6.07) is 11.4. The van der Waals surface area contributed by atoms with Crippen molar-refractivity contribution in [2.45, 2.75) is 39.5 Å². The first-order chi connectivity index (χ1) is 15.4. The third kappa shape index (κ3) is 4.19. The minimum Gasteiger partial charge on any atom is -0.478 e. The van der Waals surface area contributed by atoms with E-state index in [2.05, 4.69) is 16.9 Å². The second-order valence-corrected chi connectivity index (χ2v) is 8.73. The Morgan fingerprint density at radius 3 is 2.53 bits per heavy atom. The fraction of sp³-hybridized carbons (Fsp3) is 0.385. The van der Waals surface area contributed by atoms with Crippen LogP contribution in [0.25, 0.3) is 5.57 Å². The zero-order valence-corrected chi connectivity index (χ0v) is 18.4. The number of carbonyl (C=O) groups is 2. The lowest BCUT2D eigenvalue weighted by molar-refractivity contribution is -0.131. The van der Waals surface area contributed by atoms with Crippen LogP contribution in [0.5, 0.6) is 5.75 Å². The molecule has 166 valence electrons. The highest BCUT2D eigenvalue weighted by Gasteiger charge is 2.32. The normalized spacial score (nSPS) is 18.2. The van der Waals surface area contributed by atoms with Gasteiger partial charge in [-0.3, -0.25) is 4.79 Å². The van der Waals surface area contributed by atoms with Crippen molar-refractivity contribution in [3.63, 3.8) is 0 Å². The molecule has 1 saturated heterocycles. The Morgan fingerprint density at radius 1 is 1.16 bits per heavy atom. The summed E-state index contributed by atoms with van der Waals surface area (Å²) in [5.74, 6) is 1.41. The molecule has 2 aromatic carbocycles. The number of ether oxygens (including phenoxy) is 1. The number of carbonyl (C=O) groups excluding carboxylic acids is 2. The van der Waals surface area contributed by atoms with Gasteiger partial charge in [0, 0.05) is 36.8 Å². The Bertz CT molecular complexity index is 1110. The number of esters is 1. The van der Waals surface area contributed by atoms with Crippen molar-refractivity contribution in [3.05, 3.63) is 58.7 Å². The molecule has 1 atom stereocenters. The molecule has 0 amide bonds. The molecule has 0 saturated carbocycles. The smallest absolute Gasteiger partial charge is 0.339 e. The molecular weight excluding hydrogens is 406 g/mol. The van der Waals surface area contributed by atoms with Crippen molar-refractivity contribution in [3.8, 4) is 5.75 Å². The van der Waals surface area contributed by atoms with E-state index in [1.165, 1.54) is 18.6 Å². The maximum Gasteiger partial charge on any atom is 0.339 e. The monoisotopic (exact) mass is 433 g/mol. The van der Waals surface area contributed by atoms with Gasteiger partial charge in [-0.15, -0.1) is 0 Å². The molecule has 1 heterocycles. The number of carboxylic acids is 1. The Balaban J connectivity index is 1.45. The van der Waals surface area contributed by atoms with E-state index in [-0.39, 0.29) is 17.2 Å². The number of aromatic carboxylic acids is 1. The Hall–Kier alpha value is -3.37. The van der Waals surface area contributed by atoms with Crippen molar-refractivity contribution in [1.82, 2.24) is 0 Å². The van der Waals surface area contributed by atoms with Crippen LogP contribution in [0.3, 0.4) is 0 Å². The first kappa shape index (κ1) is 21.8. The number of nitrogens with zero attached hydrogens (tertiary/aromatic N) is 1. The van der Waals surface area contributed by atoms with Crippen LogP contribution >= 0.6 is 0 Å². The summed E-state index contributed by atoms with van der Waals surface area (Å²) >= 11 is 0. The van der Waals surface area contributed by atoms with Gasteiger partial charge in [-0.05, 0) is 67.7 Å². The fourth-order valence-electron chi connectivity index (χ4n) is 5.17. The zero-order chi connectivity index (χ0) is 22.8. The average molecular weight is 434 g/mol. The molecule has 6 heteroatoms. The molecule has 1 unspecified atom stereocenters. The van der Waals surface area contributed by atoms with Crippen LogP contribution in [0, 0.1) is 18.8 Å². The third-order valence-corrected chi connectivity index (χ3v) is 6.72. The van der Waals surface area contributed by atoms with Crippen LogP contribution in [0.15, 0.2) is 36.4 Å². The molecule has 6 nitrogen and oxygen atoms in total. The average Bonchev–Trinajstić information content (AvgIpc) is 3.12. The van der Waals surface area contributed by atoms with E-state index < -0.39 is 11.9 Å². The zero-order valence-electron chi connectivity index (χ0n) is 18.4. The molecule has 0 bridgehead atoms. The topological polar surface area (TPSA) is 83.9 Å². The quantitative estimate of drug-likeness (QED) is 0.430. The minimum atomic E-state index is -1.12. The van der Waals surface area contributed by atoms with Gasteiger partial charge in [0.25, 0.3) is 0 Å². The number of hydrogen-bond acceptors (Lipinski definition) is 5. The molecule has 0 aromatic heterocycles. The number of hydrogen-bond donors (Lipinski definition) is 1. The Labute approximate surface area is 187 Å². The minimum absolute atomic E-state index is 0.00897. The number of piperidine rings is 1. The van der Waals surface area contributed by atoms with E-state index in [0.717, 1.165) is 55.6 Å². The van der Waals surface area contributed by atoms with E-state index in [4.69, 9.17) is 4.74 Å². The fourth-order valence-corrected chi connectivity index (χ4v) is 5.17. The molecule has 4 rings (SSSR count). The maximum absolute atomic E-state index is 11.6. The lowest BCUT2D eigenvalue weighted by Crippen LogP contribution is -2.35. The van der Waals surface area contributed by atoms with Crippen LogP contribution in [-0.2, 0) is 16.0 Å². The van der Waals surface area contributed by atoms with E-state index in [1.807, 2.05) is 18.2 Å².